The van der Waals surface area contributed by atoms with Gasteiger partial charge < -0.3 is 9.84 Å². The lowest BCUT2D eigenvalue weighted by atomic mass is 9.97. The molecule has 2 aromatic rings. The van der Waals surface area contributed by atoms with Crippen LogP contribution in [0, 0.1) is 24.2 Å². The van der Waals surface area contributed by atoms with Gasteiger partial charge in [-0.25, -0.2) is 0 Å². The van der Waals surface area contributed by atoms with Gasteiger partial charge in [0.15, 0.2) is 11.5 Å². The van der Waals surface area contributed by atoms with Gasteiger partial charge in [-0.3, -0.25) is 14.2 Å². The fraction of sp³-hybridized carbons (Fsp3) is 0.458. The Morgan fingerprint density at radius 1 is 1.22 bits per heavy atom. The number of halogens is 2. The summed E-state index contributed by atoms with van der Waals surface area (Å²) in [4.78, 5) is 25.9. The zero-order valence-electron chi connectivity index (χ0n) is 18.8. The summed E-state index contributed by atoms with van der Waals surface area (Å²) in [5.41, 5.74) is -0.701. The van der Waals surface area contributed by atoms with E-state index in [1.807, 2.05) is 19.9 Å². The standard InChI is InChI=1S/C24H28Cl2N2O4/c1-5-6-7-8-9-32-22-18(25)10-16(11-19(22)26)21(29)20-15(4)17(12-27)23(30)28(24(20)31)13-14(2)3/h10-11,14,31H,5-9,13H2,1-4H3. The van der Waals surface area contributed by atoms with Crippen LogP contribution >= 0.6 is 23.2 Å². The minimum Gasteiger partial charge on any atom is -0.494 e. The predicted molar refractivity (Wildman–Crippen MR) is 126 cm³/mol. The topological polar surface area (TPSA) is 92.3 Å². The fourth-order valence-electron chi connectivity index (χ4n) is 3.43. The summed E-state index contributed by atoms with van der Waals surface area (Å²) in [7, 11) is 0. The smallest absolute Gasteiger partial charge is 0.271 e. The molecule has 0 radical (unpaired) electrons. The number of aromatic hydroxyl groups is 1. The molecule has 1 aromatic carbocycles. The van der Waals surface area contributed by atoms with Gasteiger partial charge in [0.2, 0.25) is 5.88 Å². The number of pyridine rings is 1. The summed E-state index contributed by atoms with van der Waals surface area (Å²) < 4.78 is 6.76. The third-order valence-electron chi connectivity index (χ3n) is 5.08. The molecule has 0 saturated carbocycles. The predicted octanol–water partition coefficient (Wildman–Crippen LogP) is 5.89. The zero-order valence-corrected chi connectivity index (χ0v) is 20.3. The molecule has 1 N–H and O–H groups in total. The van der Waals surface area contributed by atoms with Crippen molar-refractivity contribution in [1.82, 2.24) is 4.57 Å². The van der Waals surface area contributed by atoms with E-state index in [9.17, 15) is 20.0 Å². The molecule has 0 aliphatic carbocycles. The zero-order chi connectivity index (χ0) is 24.0. The van der Waals surface area contributed by atoms with Crippen molar-refractivity contribution in [3.63, 3.8) is 0 Å². The van der Waals surface area contributed by atoms with Gasteiger partial charge >= 0.3 is 0 Å². The first kappa shape index (κ1) is 25.8. The Morgan fingerprint density at radius 3 is 2.38 bits per heavy atom. The SMILES string of the molecule is CCCCCCOc1c(Cl)cc(C(=O)c2c(C)c(C#N)c(=O)n(CC(C)C)c2O)cc1Cl. The van der Waals surface area contributed by atoms with Gasteiger partial charge in [-0.15, -0.1) is 0 Å². The molecule has 2 rings (SSSR count). The Hall–Kier alpha value is -2.49. The van der Waals surface area contributed by atoms with Crippen LogP contribution in [-0.2, 0) is 6.54 Å². The first-order valence-electron chi connectivity index (χ1n) is 10.7. The van der Waals surface area contributed by atoms with Gasteiger partial charge in [0.25, 0.3) is 5.56 Å². The summed E-state index contributed by atoms with van der Waals surface area (Å²) >= 11 is 12.7. The van der Waals surface area contributed by atoms with Crippen molar-refractivity contribution in [2.75, 3.05) is 6.61 Å². The molecule has 1 heterocycles. The molecule has 172 valence electrons. The normalized spacial score (nSPS) is 10.9. The van der Waals surface area contributed by atoms with Crippen LogP contribution in [0.2, 0.25) is 10.0 Å². The minimum absolute atomic E-state index is 0.00782. The van der Waals surface area contributed by atoms with E-state index >= 15 is 0 Å². The summed E-state index contributed by atoms with van der Waals surface area (Å²) in [6, 6.07) is 4.69. The van der Waals surface area contributed by atoms with E-state index in [1.54, 1.807) is 0 Å². The minimum atomic E-state index is -0.629. The fourth-order valence-corrected chi connectivity index (χ4v) is 4.03. The van der Waals surface area contributed by atoms with Crippen LogP contribution in [-0.4, -0.2) is 22.1 Å². The molecule has 6 nitrogen and oxygen atoms in total. The van der Waals surface area contributed by atoms with Gasteiger partial charge in [0, 0.05) is 12.1 Å². The van der Waals surface area contributed by atoms with E-state index in [-0.39, 0.29) is 44.8 Å². The van der Waals surface area contributed by atoms with Gasteiger partial charge in [-0.1, -0.05) is 63.2 Å². The molecule has 0 spiro atoms. The van der Waals surface area contributed by atoms with E-state index in [4.69, 9.17) is 27.9 Å². The Bertz CT molecular complexity index is 1080. The summed E-state index contributed by atoms with van der Waals surface area (Å²) in [5.74, 6) is -0.765. The summed E-state index contributed by atoms with van der Waals surface area (Å²) in [6.07, 6.45) is 4.13. The maximum atomic E-state index is 13.3. The van der Waals surface area contributed by atoms with Crippen LogP contribution in [0.1, 0.15) is 73.5 Å². The second kappa shape index (κ2) is 11.4. The van der Waals surface area contributed by atoms with Gasteiger partial charge in [-0.05, 0) is 37.0 Å². The van der Waals surface area contributed by atoms with Crippen molar-refractivity contribution in [2.45, 2.75) is 59.9 Å². The molecular weight excluding hydrogens is 451 g/mol. The molecular formula is C24H28Cl2N2O4. The second-order valence-corrected chi connectivity index (χ2v) is 8.94. The van der Waals surface area contributed by atoms with Gasteiger partial charge in [-0.2, -0.15) is 5.26 Å². The highest BCUT2D eigenvalue weighted by Gasteiger charge is 2.26. The van der Waals surface area contributed by atoms with Crippen molar-refractivity contribution in [3.05, 3.63) is 54.8 Å². The van der Waals surface area contributed by atoms with Crippen LogP contribution in [0.5, 0.6) is 11.6 Å². The average molecular weight is 479 g/mol. The number of ketones is 1. The van der Waals surface area contributed by atoms with E-state index in [0.29, 0.717) is 12.4 Å². The maximum Gasteiger partial charge on any atom is 0.271 e. The lowest BCUT2D eigenvalue weighted by molar-refractivity contribution is 0.103. The van der Waals surface area contributed by atoms with Crippen molar-refractivity contribution < 1.29 is 14.6 Å². The molecule has 0 aliphatic rings. The number of ether oxygens (including phenoxy) is 1. The third-order valence-corrected chi connectivity index (χ3v) is 5.64. The molecule has 32 heavy (non-hydrogen) atoms. The Kier molecular flexibility index (Phi) is 9.18. The van der Waals surface area contributed by atoms with E-state index in [2.05, 4.69) is 6.92 Å². The number of rotatable bonds is 10. The number of hydrogen-bond acceptors (Lipinski definition) is 5. The molecule has 0 bridgehead atoms. The lowest BCUT2D eigenvalue weighted by Crippen LogP contribution is -2.28. The van der Waals surface area contributed by atoms with Crippen molar-refractivity contribution in [2.24, 2.45) is 5.92 Å². The summed E-state index contributed by atoms with van der Waals surface area (Å²) in [5, 5.41) is 20.6. The monoisotopic (exact) mass is 478 g/mol. The van der Waals surface area contributed by atoms with Crippen molar-refractivity contribution in [1.29, 1.82) is 5.26 Å². The van der Waals surface area contributed by atoms with Gasteiger partial charge in [0.1, 0.15) is 11.6 Å². The van der Waals surface area contributed by atoms with Gasteiger partial charge in [0.05, 0.1) is 22.2 Å². The number of nitrogens with zero attached hydrogens (tertiary/aromatic N) is 2. The third kappa shape index (κ3) is 5.65. The number of carbonyl (C=O) groups is 1. The highest BCUT2D eigenvalue weighted by molar-refractivity contribution is 6.38. The number of unbranched alkanes of at least 4 members (excludes halogenated alkanes) is 3. The molecule has 1 aromatic heterocycles. The van der Waals surface area contributed by atoms with E-state index in [1.165, 1.54) is 19.1 Å². The van der Waals surface area contributed by atoms with Crippen molar-refractivity contribution in [3.8, 4) is 17.7 Å². The van der Waals surface area contributed by atoms with Crippen LogP contribution in [0.4, 0.5) is 0 Å². The Balaban J connectivity index is 2.47. The number of hydrogen-bond donors (Lipinski definition) is 1. The largest absolute Gasteiger partial charge is 0.494 e. The van der Waals surface area contributed by atoms with Crippen LogP contribution < -0.4 is 10.3 Å². The highest BCUT2D eigenvalue weighted by atomic mass is 35.5. The van der Waals surface area contributed by atoms with Crippen LogP contribution in [0.25, 0.3) is 0 Å². The number of benzene rings is 1. The summed E-state index contributed by atoms with van der Waals surface area (Å²) in [6.45, 7) is 7.92. The molecule has 0 saturated heterocycles. The second-order valence-electron chi connectivity index (χ2n) is 8.13. The molecule has 0 atom stereocenters. The van der Waals surface area contributed by atoms with Crippen LogP contribution in [0.15, 0.2) is 16.9 Å². The number of carbonyl (C=O) groups excluding carboxylic acids is 1. The quantitative estimate of drug-likeness (QED) is 0.339. The molecule has 0 unspecified atom stereocenters. The van der Waals surface area contributed by atoms with Crippen LogP contribution in [0.3, 0.4) is 0 Å². The molecule has 0 fully saturated rings. The Morgan fingerprint density at radius 2 is 1.84 bits per heavy atom. The first-order chi connectivity index (χ1) is 15.1. The highest BCUT2D eigenvalue weighted by Crippen LogP contribution is 2.36. The number of aromatic nitrogens is 1. The maximum absolute atomic E-state index is 13.3. The molecule has 0 aliphatic heterocycles. The van der Waals surface area contributed by atoms with E-state index < -0.39 is 17.2 Å². The number of nitriles is 1. The molecule has 0 amide bonds. The first-order valence-corrected chi connectivity index (χ1v) is 11.4. The average Bonchev–Trinajstić information content (AvgIpc) is 2.72. The lowest BCUT2D eigenvalue weighted by Gasteiger charge is -2.17. The Labute approximate surface area is 198 Å². The van der Waals surface area contributed by atoms with E-state index in [0.717, 1.165) is 30.3 Å². The molecule has 8 heteroatoms. The van der Waals surface area contributed by atoms with Crippen molar-refractivity contribution >= 4 is 29.0 Å².